The summed E-state index contributed by atoms with van der Waals surface area (Å²) < 4.78 is 6.24. The Balaban J connectivity index is 0.705. The molecular weight excluding hydrogens is 777 g/mol. The Hall–Kier alpha value is -6.23. The number of carbonyl (C=O) groups excluding carboxylic acids is 3. The number of fused-ring (bicyclic) bond motifs is 3. The van der Waals surface area contributed by atoms with Crippen molar-refractivity contribution < 1.29 is 24.2 Å². The maximum absolute atomic E-state index is 13.5. The summed E-state index contributed by atoms with van der Waals surface area (Å²) in [6.07, 6.45) is 8.59. The van der Waals surface area contributed by atoms with Crippen LogP contribution in [0.4, 0.5) is 28.8 Å². The van der Waals surface area contributed by atoms with Crippen LogP contribution in [0.2, 0.25) is 0 Å². The van der Waals surface area contributed by atoms with Gasteiger partial charge < -0.3 is 40.1 Å². The van der Waals surface area contributed by atoms with E-state index < -0.39 is 0 Å². The van der Waals surface area contributed by atoms with Gasteiger partial charge in [-0.2, -0.15) is 0 Å². The number of hydrogen-bond donors (Lipinski definition) is 3. The third-order valence-electron chi connectivity index (χ3n) is 13.5. The highest BCUT2D eigenvalue weighted by atomic mass is 16.5. The van der Waals surface area contributed by atoms with Gasteiger partial charge in [0, 0.05) is 63.3 Å². The first-order chi connectivity index (χ1) is 29.8. The second kappa shape index (κ2) is 16.3. The number of rotatable bonds is 8. The Morgan fingerprint density at radius 1 is 0.836 bits per heavy atom. The normalized spacial score (nSPS) is 23.5. The summed E-state index contributed by atoms with van der Waals surface area (Å²) in [6.45, 7) is 7.41. The van der Waals surface area contributed by atoms with Crippen molar-refractivity contribution in [3.63, 3.8) is 0 Å². The van der Waals surface area contributed by atoms with Gasteiger partial charge in [-0.25, -0.2) is 9.97 Å². The predicted octanol–water partition coefficient (Wildman–Crippen LogP) is 2.61. The molecule has 3 atom stereocenters. The number of para-hydroxylation sites is 2. The average molecular weight is 829 g/mol. The number of benzene rings is 2. The van der Waals surface area contributed by atoms with E-state index in [1.165, 1.54) is 0 Å². The molecule has 6 aliphatic rings. The molecule has 4 N–H and O–H groups in total. The number of nitrogens with two attached hydrogens (primary N) is 1. The maximum atomic E-state index is 13.5. The van der Waals surface area contributed by atoms with Crippen molar-refractivity contribution in [1.29, 1.82) is 0 Å². The molecule has 2 aromatic heterocycles. The molecule has 3 amide bonds. The van der Waals surface area contributed by atoms with Crippen LogP contribution in [0.25, 0.3) is 11.3 Å². The summed E-state index contributed by atoms with van der Waals surface area (Å²) in [4.78, 5) is 61.0. The summed E-state index contributed by atoms with van der Waals surface area (Å²) in [5.41, 5.74) is 11.4. The molecule has 10 rings (SSSR count). The maximum Gasteiger partial charge on any atom is 0.249 e. The van der Waals surface area contributed by atoms with Crippen molar-refractivity contribution in [2.24, 2.45) is 0 Å². The van der Waals surface area contributed by atoms with Crippen molar-refractivity contribution in [3.8, 4) is 22.8 Å². The number of phenolic OH excluding ortho intramolecular Hbond substituents is 1. The van der Waals surface area contributed by atoms with E-state index in [1.54, 1.807) is 12.1 Å². The lowest BCUT2D eigenvalue weighted by atomic mass is 9.87. The summed E-state index contributed by atoms with van der Waals surface area (Å²) in [5.74, 6) is 2.13. The first-order valence-electron chi connectivity index (χ1n) is 21.7. The van der Waals surface area contributed by atoms with Crippen LogP contribution in [-0.4, -0.2) is 143 Å². The van der Waals surface area contributed by atoms with Gasteiger partial charge in [0.25, 0.3) is 0 Å². The van der Waals surface area contributed by atoms with E-state index in [4.69, 9.17) is 20.4 Å². The van der Waals surface area contributed by atoms with E-state index in [0.717, 1.165) is 99.3 Å². The number of nitrogens with one attached hydrogen (secondary N) is 1. The largest absolute Gasteiger partial charge is 0.507 e. The topological polar surface area (TPSA) is 190 Å². The second-order valence-electron chi connectivity index (χ2n) is 17.1. The smallest absolute Gasteiger partial charge is 0.249 e. The van der Waals surface area contributed by atoms with Crippen molar-refractivity contribution in [2.45, 2.75) is 62.6 Å². The van der Waals surface area contributed by atoms with Crippen molar-refractivity contribution in [3.05, 3.63) is 66.5 Å². The number of phenols is 1. The van der Waals surface area contributed by atoms with Crippen molar-refractivity contribution in [2.75, 3.05) is 97.4 Å². The summed E-state index contributed by atoms with van der Waals surface area (Å²) in [7, 11) is 0. The third kappa shape index (κ3) is 7.59. The number of aromatic hydroxyl groups is 1. The van der Waals surface area contributed by atoms with Gasteiger partial charge in [-0.15, -0.1) is 10.2 Å². The first-order valence-corrected chi connectivity index (χ1v) is 21.7. The Labute approximate surface area is 354 Å². The lowest BCUT2D eigenvalue weighted by Gasteiger charge is -2.42. The van der Waals surface area contributed by atoms with Gasteiger partial charge >= 0.3 is 0 Å². The molecule has 0 aliphatic carbocycles. The minimum Gasteiger partial charge on any atom is -0.507 e. The second-order valence-corrected chi connectivity index (χ2v) is 17.1. The minimum atomic E-state index is -0.375. The van der Waals surface area contributed by atoms with E-state index in [-0.39, 0.29) is 41.6 Å². The number of anilines is 5. The van der Waals surface area contributed by atoms with Crippen LogP contribution >= 0.6 is 0 Å². The molecule has 0 unspecified atom stereocenters. The Bertz CT molecular complexity index is 2280. The zero-order valence-electron chi connectivity index (χ0n) is 34.2. The van der Waals surface area contributed by atoms with Crippen LogP contribution in [0, 0.1) is 0 Å². The van der Waals surface area contributed by atoms with Gasteiger partial charge in [0.1, 0.15) is 24.1 Å². The molecule has 4 aromatic rings. The molecular formula is C44H52N12O5. The average Bonchev–Trinajstić information content (AvgIpc) is 3.55. The molecule has 17 nitrogen and oxygen atoms in total. The van der Waals surface area contributed by atoms with Gasteiger partial charge in [0.2, 0.25) is 23.7 Å². The van der Waals surface area contributed by atoms with Crippen LogP contribution in [-0.2, 0) is 14.4 Å². The third-order valence-corrected chi connectivity index (χ3v) is 13.5. The molecule has 17 heteroatoms. The molecule has 6 aliphatic heterocycles. The number of ether oxygens (including phenoxy) is 1. The quantitative estimate of drug-likeness (QED) is 0.220. The lowest BCUT2D eigenvalue weighted by Crippen LogP contribution is -2.55. The summed E-state index contributed by atoms with van der Waals surface area (Å²) in [5, 5.41) is 21.4. The number of imide groups is 1. The Morgan fingerprint density at radius 2 is 1.59 bits per heavy atom. The summed E-state index contributed by atoms with van der Waals surface area (Å²) >= 11 is 0. The van der Waals surface area contributed by atoms with Crippen LogP contribution in [0.5, 0.6) is 11.5 Å². The van der Waals surface area contributed by atoms with Gasteiger partial charge in [0.15, 0.2) is 5.82 Å². The fourth-order valence-electron chi connectivity index (χ4n) is 10.3. The van der Waals surface area contributed by atoms with Crippen molar-refractivity contribution >= 4 is 46.5 Å². The highest BCUT2D eigenvalue weighted by Gasteiger charge is 2.42. The number of amides is 3. The molecule has 2 bridgehead atoms. The molecule has 0 spiro atoms. The molecule has 8 heterocycles. The standard InChI is InChI=1S/C44H52N12O5/c45-42-37(22-34(49-50-42)33-4-1-2-7-38(33)57)54-25-29-8-9-30(26-54)56(29)44-46-23-31(24-47-44)52-16-18-53(19-17-52)40(59)27-51-14-12-28(13-15-51)32-5-3-6-35-41(32)61-21-20-55(35)36-10-11-39(58)48-43(36)60/h1-7,22-24,28-30,36,57H,8-21,25-27H2,(H2,45,50)(H,48,58,60)/t29-,30+,36-/m0/s1. The number of likely N-dealkylation sites (tertiary alicyclic amines) is 1. The number of hydrogen-bond acceptors (Lipinski definition) is 15. The van der Waals surface area contributed by atoms with E-state index in [2.05, 4.69) is 46.1 Å². The summed E-state index contributed by atoms with van der Waals surface area (Å²) in [6, 6.07) is 15.3. The Kier molecular flexibility index (Phi) is 10.4. The number of carbonyl (C=O) groups is 3. The highest BCUT2D eigenvalue weighted by molar-refractivity contribution is 6.02. The van der Waals surface area contributed by atoms with Crippen LogP contribution in [0.15, 0.2) is 60.9 Å². The fraction of sp³-hybridized carbons (Fsp3) is 0.477. The Morgan fingerprint density at radius 3 is 2.33 bits per heavy atom. The number of piperazine rings is 2. The van der Waals surface area contributed by atoms with E-state index in [0.29, 0.717) is 68.6 Å². The fourth-order valence-corrected chi connectivity index (χ4v) is 10.3. The van der Waals surface area contributed by atoms with Crippen LogP contribution in [0.1, 0.15) is 50.0 Å². The van der Waals surface area contributed by atoms with Crippen LogP contribution < -0.4 is 35.4 Å². The predicted molar refractivity (Wildman–Crippen MR) is 230 cm³/mol. The molecule has 5 fully saturated rings. The SMILES string of the molecule is Nc1nnc(-c2ccccc2O)cc1N1C[C@H]2CC[C@@H](C1)N2c1ncc(N2CCN(C(=O)CN3CCC(c4cccc5c4OCCN5[C@H]4CCC(=O)NC4=O)CC3)CC2)cn1. The number of aromatic nitrogens is 4. The zero-order chi connectivity index (χ0) is 41.6. The number of piperidine rings is 2. The molecule has 5 saturated heterocycles. The number of nitrogen functional groups attached to an aromatic ring is 1. The monoisotopic (exact) mass is 828 g/mol. The minimum absolute atomic E-state index is 0.153. The molecule has 61 heavy (non-hydrogen) atoms. The molecule has 2 aromatic carbocycles. The highest BCUT2D eigenvalue weighted by Crippen LogP contribution is 2.43. The first kappa shape index (κ1) is 38.9. The van der Waals surface area contributed by atoms with Gasteiger partial charge in [-0.3, -0.25) is 24.6 Å². The van der Waals surface area contributed by atoms with E-state index in [9.17, 15) is 19.5 Å². The number of nitrogens with zero attached hydrogens (tertiary/aromatic N) is 10. The molecule has 0 saturated carbocycles. The molecule has 0 radical (unpaired) electrons. The van der Waals surface area contributed by atoms with E-state index in [1.807, 2.05) is 47.6 Å². The van der Waals surface area contributed by atoms with Crippen LogP contribution in [0.3, 0.4) is 0 Å². The zero-order valence-corrected chi connectivity index (χ0v) is 34.2. The van der Waals surface area contributed by atoms with Crippen molar-refractivity contribution in [1.82, 2.24) is 35.3 Å². The van der Waals surface area contributed by atoms with E-state index >= 15 is 0 Å². The lowest BCUT2D eigenvalue weighted by molar-refractivity contribution is -0.134. The molecule has 318 valence electrons. The van der Waals surface area contributed by atoms with Gasteiger partial charge in [-0.05, 0) is 80.9 Å². The van der Waals surface area contributed by atoms with Gasteiger partial charge in [-0.1, -0.05) is 24.3 Å². The van der Waals surface area contributed by atoms with Gasteiger partial charge in [0.05, 0.1) is 48.2 Å².